The third kappa shape index (κ3) is 2.77. The van der Waals surface area contributed by atoms with Crippen LogP contribution in [0.1, 0.15) is 53.4 Å². The molecule has 1 spiro atoms. The van der Waals surface area contributed by atoms with Gasteiger partial charge in [-0.2, -0.15) is 0 Å². The van der Waals surface area contributed by atoms with E-state index in [-0.39, 0.29) is 29.5 Å². The largest absolute Gasteiger partial charge is 0.465 e. The highest BCUT2D eigenvalue weighted by molar-refractivity contribution is 5.77. The summed E-state index contributed by atoms with van der Waals surface area (Å²) >= 11 is 0. The van der Waals surface area contributed by atoms with E-state index < -0.39 is 5.41 Å². The first-order valence-electron chi connectivity index (χ1n) is 8.88. The van der Waals surface area contributed by atoms with Crippen molar-refractivity contribution in [2.45, 2.75) is 65.5 Å². The number of fused-ring (bicyclic) bond motifs is 3. The highest BCUT2D eigenvalue weighted by Gasteiger charge is 2.59. The van der Waals surface area contributed by atoms with Gasteiger partial charge < -0.3 is 14.8 Å². The molecule has 3 rings (SSSR count). The van der Waals surface area contributed by atoms with Gasteiger partial charge in [0.15, 0.2) is 0 Å². The Balaban J connectivity index is 1.59. The predicted octanol–water partition coefficient (Wildman–Crippen LogP) is 2.29. The highest BCUT2D eigenvalue weighted by Crippen LogP contribution is 2.60. The maximum absolute atomic E-state index is 12.6. The lowest BCUT2D eigenvalue weighted by atomic mass is 9.72. The van der Waals surface area contributed by atoms with E-state index in [1.165, 1.54) is 0 Å². The van der Waals surface area contributed by atoms with Crippen molar-refractivity contribution in [2.75, 3.05) is 13.2 Å². The van der Waals surface area contributed by atoms with Gasteiger partial charge in [0.2, 0.25) is 0 Å². The molecule has 1 N–H and O–H groups in total. The Morgan fingerprint density at radius 3 is 2.74 bits per heavy atom. The van der Waals surface area contributed by atoms with Crippen LogP contribution in [0.3, 0.4) is 0 Å². The minimum atomic E-state index is -0.540. The van der Waals surface area contributed by atoms with E-state index in [4.69, 9.17) is 9.47 Å². The number of carbonyl (C=O) groups is 2. The van der Waals surface area contributed by atoms with E-state index in [0.29, 0.717) is 24.9 Å². The predicted molar refractivity (Wildman–Crippen MR) is 85.6 cm³/mol. The Morgan fingerprint density at radius 1 is 1.48 bits per heavy atom. The summed E-state index contributed by atoms with van der Waals surface area (Å²) in [6, 6.07) is 0.0748. The topological polar surface area (TPSA) is 64.6 Å². The van der Waals surface area contributed by atoms with Crippen molar-refractivity contribution >= 4 is 11.9 Å². The summed E-state index contributed by atoms with van der Waals surface area (Å²) in [5.41, 5.74) is -0.501. The summed E-state index contributed by atoms with van der Waals surface area (Å²) in [6.45, 7) is 9.36. The lowest BCUT2D eigenvalue weighted by Gasteiger charge is -2.36. The fourth-order valence-electron chi connectivity index (χ4n) is 4.67. The van der Waals surface area contributed by atoms with E-state index in [2.05, 4.69) is 5.32 Å². The summed E-state index contributed by atoms with van der Waals surface area (Å²) in [7, 11) is 0. The van der Waals surface area contributed by atoms with Crippen LogP contribution in [0.2, 0.25) is 0 Å². The first kappa shape index (κ1) is 16.7. The molecule has 2 saturated carbocycles. The lowest BCUT2D eigenvalue weighted by molar-refractivity contribution is -0.165. The monoisotopic (exact) mass is 323 g/mol. The molecule has 5 atom stereocenters. The molecular weight excluding hydrogens is 294 g/mol. The minimum absolute atomic E-state index is 0.0157. The molecule has 0 aromatic rings. The summed E-state index contributed by atoms with van der Waals surface area (Å²) < 4.78 is 11.1. The van der Waals surface area contributed by atoms with E-state index in [0.717, 1.165) is 25.8 Å². The molecule has 5 nitrogen and oxygen atoms in total. The lowest BCUT2D eigenvalue weighted by Crippen LogP contribution is -2.47. The Labute approximate surface area is 138 Å². The first-order valence-corrected chi connectivity index (χ1v) is 8.88. The zero-order chi connectivity index (χ0) is 16.8. The van der Waals surface area contributed by atoms with Gasteiger partial charge in [-0.3, -0.25) is 9.59 Å². The van der Waals surface area contributed by atoms with Crippen molar-refractivity contribution in [3.63, 3.8) is 0 Å². The molecule has 5 heteroatoms. The summed E-state index contributed by atoms with van der Waals surface area (Å²) in [4.78, 5) is 24.1. The Bertz CT molecular complexity index is 503. The average Bonchev–Trinajstić information content (AvgIpc) is 3.14. The van der Waals surface area contributed by atoms with Crippen LogP contribution in [0.5, 0.6) is 0 Å². The molecule has 3 fully saturated rings. The van der Waals surface area contributed by atoms with Gasteiger partial charge in [0.25, 0.3) is 0 Å². The maximum Gasteiger partial charge on any atom is 0.313 e. The molecule has 0 aromatic heterocycles. The normalized spacial score (nSPS) is 37.2. The fraction of sp³-hybridized carbons (Fsp3) is 0.889. The molecule has 3 aliphatic rings. The van der Waals surface area contributed by atoms with Gasteiger partial charge in [0.05, 0.1) is 18.4 Å². The van der Waals surface area contributed by atoms with Gasteiger partial charge in [0.1, 0.15) is 6.10 Å². The van der Waals surface area contributed by atoms with Gasteiger partial charge in [-0.05, 0) is 58.4 Å². The highest BCUT2D eigenvalue weighted by atomic mass is 16.5. The molecule has 1 aliphatic heterocycles. The Morgan fingerprint density at radius 2 is 2.22 bits per heavy atom. The number of rotatable bonds is 5. The van der Waals surface area contributed by atoms with Crippen LogP contribution in [-0.2, 0) is 19.1 Å². The second-order valence-corrected chi connectivity index (χ2v) is 8.28. The van der Waals surface area contributed by atoms with Crippen LogP contribution in [-0.4, -0.2) is 37.2 Å². The van der Waals surface area contributed by atoms with Gasteiger partial charge >= 0.3 is 11.9 Å². The zero-order valence-corrected chi connectivity index (χ0v) is 14.7. The molecule has 1 saturated heterocycles. The van der Waals surface area contributed by atoms with E-state index in [1.54, 1.807) is 0 Å². The van der Waals surface area contributed by atoms with Gasteiger partial charge in [-0.25, -0.2) is 0 Å². The Hall–Kier alpha value is -1.10. The number of hydrogen-bond donors (Lipinski definition) is 1. The van der Waals surface area contributed by atoms with E-state index in [9.17, 15) is 9.59 Å². The molecule has 23 heavy (non-hydrogen) atoms. The third-order valence-electron chi connectivity index (χ3n) is 6.56. The number of nitrogens with one attached hydrogen (secondary N) is 1. The standard InChI is InChI=1S/C18H29NO4/c1-5-19-11(2)17(3,4)16(21)23-14-7-13-6-12(14)8-18(13)9-15(20)22-10-18/h11-14,19H,5-10H2,1-4H3. The molecule has 130 valence electrons. The van der Waals surface area contributed by atoms with Crippen LogP contribution < -0.4 is 5.32 Å². The van der Waals surface area contributed by atoms with Gasteiger partial charge in [-0.15, -0.1) is 0 Å². The SMILES string of the molecule is CCNC(C)C(C)(C)C(=O)OC1CC2CC1CC21COC(=O)C1. The third-order valence-corrected chi connectivity index (χ3v) is 6.56. The quantitative estimate of drug-likeness (QED) is 0.786. The van der Waals surface area contributed by atoms with Crippen molar-refractivity contribution in [1.82, 2.24) is 5.32 Å². The fourth-order valence-corrected chi connectivity index (χ4v) is 4.67. The first-order chi connectivity index (χ1) is 10.8. The van der Waals surface area contributed by atoms with Crippen LogP contribution in [0.25, 0.3) is 0 Å². The number of cyclic esters (lactones) is 1. The molecule has 2 aliphatic carbocycles. The van der Waals surface area contributed by atoms with Gasteiger partial charge in [-0.1, -0.05) is 6.92 Å². The van der Waals surface area contributed by atoms with Gasteiger partial charge in [0, 0.05) is 11.5 Å². The van der Waals surface area contributed by atoms with Crippen LogP contribution in [0.4, 0.5) is 0 Å². The van der Waals surface area contributed by atoms with Crippen molar-refractivity contribution in [3.05, 3.63) is 0 Å². The minimum Gasteiger partial charge on any atom is -0.465 e. The maximum atomic E-state index is 12.6. The van der Waals surface area contributed by atoms with Crippen molar-refractivity contribution in [2.24, 2.45) is 22.7 Å². The molecule has 5 unspecified atom stereocenters. The van der Waals surface area contributed by atoms with E-state index in [1.807, 2.05) is 27.7 Å². The number of esters is 2. The Kier molecular flexibility index (Phi) is 4.20. The molecular formula is C18H29NO4. The zero-order valence-electron chi connectivity index (χ0n) is 14.7. The summed E-state index contributed by atoms with van der Waals surface area (Å²) in [6.07, 6.45) is 3.49. The average molecular weight is 323 g/mol. The number of carbonyl (C=O) groups excluding carboxylic acids is 2. The van der Waals surface area contributed by atoms with Crippen LogP contribution in [0.15, 0.2) is 0 Å². The summed E-state index contributed by atoms with van der Waals surface area (Å²) in [5, 5.41) is 3.32. The summed E-state index contributed by atoms with van der Waals surface area (Å²) in [5.74, 6) is 0.678. The molecule has 0 aromatic carbocycles. The second-order valence-electron chi connectivity index (χ2n) is 8.28. The molecule has 2 bridgehead atoms. The van der Waals surface area contributed by atoms with Crippen molar-refractivity contribution in [3.8, 4) is 0 Å². The molecule has 1 heterocycles. The van der Waals surface area contributed by atoms with Crippen molar-refractivity contribution < 1.29 is 19.1 Å². The number of ether oxygens (including phenoxy) is 2. The molecule has 0 amide bonds. The second kappa shape index (κ2) is 5.76. The van der Waals surface area contributed by atoms with Crippen LogP contribution in [0, 0.1) is 22.7 Å². The van der Waals surface area contributed by atoms with E-state index >= 15 is 0 Å². The number of hydrogen-bond acceptors (Lipinski definition) is 5. The van der Waals surface area contributed by atoms with Crippen molar-refractivity contribution in [1.29, 1.82) is 0 Å². The smallest absolute Gasteiger partial charge is 0.313 e. The van der Waals surface area contributed by atoms with Crippen LogP contribution >= 0.6 is 0 Å². The molecule has 0 radical (unpaired) electrons.